The molecule has 0 fully saturated rings. The van der Waals surface area contributed by atoms with Crippen molar-refractivity contribution >= 4 is 18.7 Å². The number of aliphatic hydroxyl groups is 1. The van der Waals surface area contributed by atoms with Crippen molar-refractivity contribution in [2.24, 2.45) is 0 Å². The molecular weight excluding hydrogens is 360 g/mol. The Hall–Kier alpha value is -1.86. The van der Waals surface area contributed by atoms with Crippen LogP contribution >= 0.6 is 0 Å². The van der Waals surface area contributed by atoms with Crippen molar-refractivity contribution < 1.29 is 9.53 Å². The maximum atomic E-state index is 9.85. The first-order valence-electron chi connectivity index (χ1n) is 10.3. The molecular formula is C25H34O2Si. The van der Waals surface area contributed by atoms with E-state index >= 15 is 0 Å². The fraction of sp³-hybridized carbons (Fsp3) is 0.440. The fourth-order valence-corrected chi connectivity index (χ4v) is 8.21. The van der Waals surface area contributed by atoms with E-state index in [4.69, 9.17) is 4.43 Å². The van der Waals surface area contributed by atoms with Gasteiger partial charge >= 0.3 is 0 Å². The highest BCUT2D eigenvalue weighted by molar-refractivity contribution is 6.99. The summed E-state index contributed by atoms with van der Waals surface area (Å²) in [6.07, 6.45) is 3.06. The Bertz CT molecular complexity index is 714. The monoisotopic (exact) mass is 394 g/mol. The van der Waals surface area contributed by atoms with E-state index in [1.54, 1.807) is 0 Å². The number of aliphatic hydroxyl groups excluding tert-OH is 1. The van der Waals surface area contributed by atoms with Gasteiger partial charge in [-0.15, -0.1) is 5.92 Å². The average molecular weight is 395 g/mol. The topological polar surface area (TPSA) is 29.5 Å². The lowest BCUT2D eigenvalue weighted by molar-refractivity contribution is 0.155. The predicted octanol–water partition coefficient (Wildman–Crippen LogP) is 4.51. The molecule has 28 heavy (non-hydrogen) atoms. The molecule has 3 heteroatoms. The Kier molecular flexibility index (Phi) is 8.50. The number of rotatable bonds is 8. The Morgan fingerprint density at radius 1 is 0.893 bits per heavy atom. The van der Waals surface area contributed by atoms with E-state index in [1.807, 2.05) is 0 Å². The molecule has 0 aliphatic heterocycles. The molecule has 0 aliphatic carbocycles. The van der Waals surface area contributed by atoms with Gasteiger partial charge in [0.2, 0.25) is 0 Å². The van der Waals surface area contributed by atoms with Gasteiger partial charge in [-0.2, -0.15) is 0 Å². The molecule has 2 rings (SSSR count). The van der Waals surface area contributed by atoms with E-state index in [-0.39, 0.29) is 11.1 Å². The minimum absolute atomic E-state index is 0.0330. The summed E-state index contributed by atoms with van der Waals surface area (Å²) in [5, 5.41) is 12.4. The Morgan fingerprint density at radius 3 is 1.89 bits per heavy atom. The Labute approximate surface area is 172 Å². The van der Waals surface area contributed by atoms with E-state index in [0.29, 0.717) is 13.0 Å². The third-order valence-electron chi connectivity index (χ3n) is 5.13. The minimum Gasteiger partial charge on any atom is -0.396 e. The molecule has 0 heterocycles. The summed E-state index contributed by atoms with van der Waals surface area (Å²) in [4.78, 5) is 0. The van der Waals surface area contributed by atoms with Crippen LogP contribution in [0.5, 0.6) is 0 Å². The molecule has 2 aromatic rings. The zero-order valence-corrected chi connectivity index (χ0v) is 18.7. The third-order valence-corrected chi connectivity index (χ3v) is 10.1. The van der Waals surface area contributed by atoms with Crippen LogP contribution in [-0.4, -0.2) is 26.1 Å². The van der Waals surface area contributed by atoms with E-state index in [1.165, 1.54) is 10.4 Å². The van der Waals surface area contributed by atoms with Gasteiger partial charge in [0.1, 0.15) is 0 Å². The summed E-state index contributed by atoms with van der Waals surface area (Å²) < 4.78 is 6.72. The summed E-state index contributed by atoms with van der Waals surface area (Å²) in [7, 11) is -2.50. The zero-order chi connectivity index (χ0) is 20.5. The molecule has 2 aromatic carbocycles. The van der Waals surface area contributed by atoms with Crippen molar-refractivity contribution in [3.8, 4) is 11.8 Å². The average Bonchev–Trinajstić information content (AvgIpc) is 2.68. The highest BCUT2D eigenvalue weighted by Gasteiger charge is 2.49. The molecule has 0 spiro atoms. The van der Waals surface area contributed by atoms with E-state index in [9.17, 15) is 5.11 Å². The van der Waals surface area contributed by atoms with E-state index in [2.05, 4.69) is 100 Å². The van der Waals surface area contributed by atoms with Crippen molar-refractivity contribution in [1.82, 2.24) is 0 Å². The van der Waals surface area contributed by atoms with Crippen molar-refractivity contribution in [2.45, 2.75) is 64.5 Å². The lowest BCUT2D eigenvalue weighted by Gasteiger charge is -2.42. The quantitative estimate of drug-likeness (QED) is 0.527. The van der Waals surface area contributed by atoms with E-state index in [0.717, 1.165) is 19.3 Å². The molecule has 0 amide bonds. The molecule has 150 valence electrons. The van der Waals surface area contributed by atoms with Crippen LogP contribution in [0, 0.1) is 11.8 Å². The van der Waals surface area contributed by atoms with Gasteiger partial charge < -0.3 is 9.53 Å². The van der Waals surface area contributed by atoms with Gasteiger partial charge in [0.25, 0.3) is 8.32 Å². The SMILES string of the molecule is CCC[C@H](O)CCC#CCO[Si](c1ccccc1)(c1ccccc1)C(C)(C)C. The predicted molar refractivity (Wildman–Crippen MR) is 121 cm³/mol. The number of hydrogen-bond acceptors (Lipinski definition) is 2. The first-order chi connectivity index (χ1) is 13.4. The highest BCUT2D eigenvalue weighted by Crippen LogP contribution is 2.36. The van der Waals surface area contributed by atoms with Crippen LogP contribution in [0.15, 0.2) is 60.7 Å². The van der Waals surface area contributed by atoms with Crippen molar-refractivity contribution in [1.29, 1.82) is 0 Å². The van der Waals surface area contributed by atoms with Gasteiger partial charge in [-0.05, 0) is 28.3 Å². The number of hydrogen-bond donors (Lipinski definition) is 1. The summed E-state index contributed by atoms with van der Waals surface area (Å²) in [5.74, 6) is 6.39. The van der Waals surface area contributed by atoms with E-state index < -0.39 is 8.32 Å². The van der Waals surface area contributed by atoms with Gasteiger partial charge in [0.05, 0.1) is 12.7 Å². The minimum atomic E-state index is -2.50. The molecule has 0 bridgehead atoms. The molecule has 0 radical (unpaired) electrons. The molecule has 0 saturated heterocycles. The van der Waals surface area contributed by atoms with Gasteiger partial charge in [-0.3, -0.25) is 0 Å². The van der Waals surface area contributed by atoms with Crippen LogP contribution in [0.3, 0.4) is 0 Å². The fourth-order valence-electron chi connectivity index (χ4n) is 3.76. The van der Waals surface area contributed by atoms with Crippen molar-refractivity contribution in [2.75, 3.05) is 6.61 Å². The molecule has 2 nitrogen and oxygen atoms in total. The smallest absolute Gasteiger partial charge is 0.262 e. The van der Waals surface area contributed by atoms with Crippen LogP contribution in [0.2, 0.25) is 5.04 Å². The Balaban J connectivity index is 2.25. The van der Waals surface area contributed by atoms with Crippen molar-refractivity contribution in [3.63, 3.8) is 0 Å². The summed E-state index contributed by atoms with van der Waals surface area (Å²) in [6, 6.07) is 21.3. The van der Waals surface area contributed by atoms with Gasteiger partial charge in [0.15, 0.2) is 0 Å². The largest absolute Gasteiger partial charge is 0.396 e. The second-order valence-electron chi connectivity index (χ2n) is 8.29. The highest BCUT2D eigenvalue weighted by atomic mass is 28.4. The second kappa shape index (κ2) is 10.6. The van der Waals surface area contributed by atoms with Gasteiger partial charge in [-0.1, -0.05) is 101 Å². The van der Waals surface area contributed by atoms with Crippen LogP contribution in [-0.2, 0) is 4.43 Å². The van der Waals surface area contributed by atoms with Crippen LogP contribution in [0.25, 0.3) is 0 Å². The zero-order valence-electron chi connectivity index (χ0n) is 17.7. The lowest BCUT2D eigenvalue weighted by Crippen LogP contribution is -2.66. The second-order valence-corrected chi connectivity index (χ2v) is 12.6. The Morgan fingerprint density at radius 2 is 1.43 bits per heavy atom. The van der Waals surface area contributed by atoms with Crippen molar-refractivity contribution in [3.05, 3.63) is 60.7 Å². The molecule has 1 atom stereocenters. The van der Waals surface area contributed by atoms with Gasteiger partial charge in [0, 0.05) is 6.42 Å². The third kappa shape index (κ3) is 5.58. The molecule has 0 saturated carbocycles. The molecule has 0 aliphatic rings. The summed E-state index contributed by atoms with van der Waals surface area (Å²) >= 11 is 0. The molecule has 0 aromatic heterocycles. The lowest BCUT2D eigenvalue weighted by atomic mass is 10.1. The van der Waals surface area contributed by atoms with Crippen LogP contribution in [0.1, 0.15) is 53.4 Å². The maximum absolute atomic E-state index is 9.85. The molecule has 1 N–H and O–H groups in total. The van der Waals surface area contributed by atoms with Gasteiger partial charge in [-0.25, -0.2) is 0 Å². The van der Waals surface area contributed by atoms with Crippen LogP contribution in [0.4, 0.5) is 0 Å². The first kappa shape index (κ1) is 22.4. The molecule has 0 unspecified atom stereocenters. The standard InChI is InChI=1S/C25H34O2Si/c1-5-15-22(26)16-9-8-14-21-27-28(25(2,3)4,23-17-10-6-11-18-23)24-19-12-7-13-20-24/h6-7,10-13,17-20,22,26H,5,9,15-16,21H2,1-4H3/t22-/m0/s1. The summed E-state index contributed by atoms with van der Waals surface area (Å²) in [5.41, 5.74) is 0. The maximum Gasteiger partial charge on any atom is 0.262 e. The first-order valence-corrected chi connectivity index (χ1v) is 12.2. The normalized spacial score (nSPS) is 12.9. The van der Waals surface area contributed by atoms with Crippen LogP contribution < -0.4 is 10.4 Å². The summed E-state index contributed by atoms with van der Waals surface area (Å²) in [6.45, 7) is 9.32. The number of benzene rings is 2.